The zero-order chi connectivity index (χ0) is 10.8. The molecule has 80 valence electrons. The summed E-state index contributed by atoms with van der Waals surface area (Å²) < 4.78 is 4.92. The van der Waals surface area contributed by atoms with E-state index in [4.69, 9.17) is 16.3 Å². The lowest BCUT2D eigenvalue weighted by Gasteiger charge is -2.00. The van der Waals surface area contributed by atoms with Gasteiger partial charge in [0.1, 0.15) is 11.0 Å². The molecule has 0 N–H and O–H groups in total. The van der Waals surface area contributed by atoms with Crippen molar-refractivity contribution in [2.45, 2.75) is 19.3 Å². The Bertz CT molecular complexity index is 383. The summed E-state index contributed by atoms with van der Waals surface area (Å²) in [6, 6.07) is 1.62. The zero-order valence-electron chi connectivity index (χ0n) is 8.31. The molecule has 2 atom stereocenters. The van der Waals surface area contributed by atoms with Crippen molar-refractivity contribution >= 4 is 17.6 Å². The lowest BCUT2D eigenvalue weighted by atomic mass is 10.3. The molecule has 0 unspecified atom stereocenters. The van der Waals surface area contributed by atoms with Crippen LogP contribution in [-0.4, -0.2) is 22.5 Å². The van der Waals surface area contributed by atoms with Gasteiger partial charge in [0.25, 0.3) is 0 Å². The highest BCUT2D eigenvalue weighted by atomic mass is 35.5. The molecule has 4 nitrogen and oxygen atoms in total. The van der Waals surface area contributed by atoms with Crippen molar-refractivity contribution < 1.29 is 9.53 Å². The van der Waals surface area contributed by atoms with Crippen LogP contribution in [0.4, 0.5) is 0 Å². The van der Waals surface area contributed by atoms with Crippen LogP contribution in [0, 0.1) is 5.92 Å². The number of esters is 1. The first-order valence-corrected chi connectivity index (χ1v) is 5.25. The van der Waals surface area contributed by atoms with Gasteiger partial charge in [0.15, 0.2) is 0 Å². The van der Waals surface area contributed by atoms with Gasteiger partial charge in [-0.2, -0.15) is 0 Å². The maximum Gasteiger partial charge on any atom is 0.309 e. The van der Waals surface area contributed by atoms with Gasteiger partial charge in [-0.05, 0) is 19.4 Å². The Hall–Kier alpha value is -1.16. The summed E-state index contributed by atoms with van der Waals surface area (Å²) in [5, 5.41) is 0.412. The number of nitrogens with zero attached hydrogens (tertiary/aromatic N) is 2. The fourth-order valence-electron chi connectivity index (χ4n) is 1.52. The molecule has 0 radical (unpaired) electrons. The molecular formula is C10H11ClN2O2. The fraction of sp³-hybridized carbons (Fsp3) is 0.500. The van der Waals surface area contributed by atoms with Crippen LogP contribution >= 0.6 is 11.6 Å². The lowest BCUT2D eigenvalue weighted by molar-refractivity contribution is -0.144. The van der Waals surface area contributed by atoms with Crippen molar-refractivity contribution in [2.75, 3.05) is 6.61 Å². The summed E-state index contributed by atoms with van der Waals surface area (Å²) in [6.45, 7) is 2.21. The molecule has 1 aromatic heterocycles. The number of hydrogen-bond donors (Lipinski definition) is 0. The molecule has 0 bridgehead atoms. The third-order valence-electron chi connectivity index (χ3n) is 2.35. The SMILES string of the molecule is CCOC(=O)[C@H]1C[C@@H]1c1nccc(Cl)n1. The van der Waals surface area contributed by atoms with Gasteiger partial charge < -0.3 is 4.74 Å². The largest absolute Gasteiger partial charge is 0.466 e. The highest BCUT2D eigenvalue weighted by molar-refractivity contribution is 6.29. The predicted octanol–water partition coefficient (Wildman–Crippen LogP) is 1.80. The molecule has 0 aliphatic heterocycles. The molecule has 1 aromatic rings. The average molecular weight is 227 g/mol. The maximum absolute atomic E-state index is 11.4. The fourth-order valence-corrected chi connectivity index (χ4v) is 1.66. The van der Waals surface area contributed by atoms with Crippen LogP contribution in [-0.2, 0) is 9.53 Å². The van der Waals surface area contributed by atoms with E-state index < -0.39 is 0 Å². The van der Waals surface area contributed by atoms with Crippen molar-refractivity contribution in [2.24, 2.45) is 5.92 Å². The Labute approximate surface area is 92.6 Å². The van der Waals surface area contributed by atoms with Gasteiger partial charge in [-0.1, -0.05) is 11.6 Å². The normalized spacial score (nSPS) is 23.6. The van der Waals surface area contributed by atoms with Gasteiger partial charge in [-0.15, -0.1) is 0 Å². The van der Waals surface area contributed by atoms with Crippen molar-refractivity contribution in [3.8, 4) is 0 Å². The molecule has 1 aliphatic rings. The highest BCUT2D eigenvalue weighted by Crippen LogP contribution is 2.46. The first kappa shape index (κ1) is 10.4. The smallest absolute Gasteiger partial charge is 0.309 e. The van der Waals surface area contributed by atoms with Gasteiger partial charge in [-0.25, -0.2) is 9.97 Å². The van der Waals surface area contributed by atoms with E-state index in [1.807, 2.05) is 0 Å². The van der Waals surface area contributed by atoms with E-state index in [-0.39, 0.29) is 17.8 Å². The molecule has 1 fully saturated rings. The van der Waals surface area contributed by atoms with Crippen LogP contribution in [0.2, 0.25) is 5.15 Å². The van der Waals surface area contributed by atoms with E-state index in [1.165, 1.54) is 0 Å². The quantitative estimate of drug-likeness (QED) is 0.583. The minimum Gasteiger partial charge on any atom is -0.466 e. The van der Waals surface area contributed by atoms with Gasteiger partial charge in [-0.3, -0.25) is 4.79 Å². The van der Waals surface area contributed by atoms with Gasteiger partial charge in [0.2, 0.25) is 0 Å². The van der Waals surface area contributed by atoms with Crippen molar-refractivity contribution in [1.82, 2.24) is 9.97 Å². The first-order valence-electron chi connectivity index (χ1n) is 4.87. The van der Waals surface area contributed by atoms with E-state index in [9.17, 15) is 4.79 Å². The number of aromatic nitrogens is 2. The van der Waals surface area contributed by atoms with Gasteiger partial charge in [0.05, 0.1) is 12.5 Å². The van der Waals surface area contributed by atoms with Crippen molar-refractivity contribution in [3.63, 3.8) is 0 Å². The number of carbonyl (C=O) groups is 1. The summed E-state index contributed by atoms with van der Waals surface area (Å²) in [7, 11) is 0. The third kappa shape index (κ3) is 2.26. The molecule has 15 heavy (non-hydrogen) atoms. The van der Waals surface area contributed by atoms with Gasteiger partial charge in [0, 0.05) is 12.1 Å². The summed E-state index contributed by atoms with van der Waals surface area (Å²) in [4.78, 5) is 19.5. The maximum atomic E-state index is 11.4. The van der Waals surface area contributed by atoms with E-state index in [2.05, 4.69) is 9.97 Å². The van der Waals surface area contributed by atoms with Crippen LogP contribution in [0.5, 0.6) is 0 Å². The molecular weight excluding hydrogens is 216 g/mol. The van der Waals surface area contributed by atoms with Crippen molar-refractivity contribution in [1.29, 1.82) is 0 Å². The summed E-state index contributed by atoms with van der Waals surface area (Å²) in [6.07, 6.45) is 2.37. The molecule has 0 saturated heterocycles. The first-order chi connectivity index (χ1) is 7.22. The van der Waals surface area contributed by atoms with E-state index in [1.54, 1.807) is 19.2 Å². The molecule has 1 heterocycles. The summed E-state index contributed by atoms with van der Waals surface area (Å²) in [5.41, 5.74) is 0. The van der Waals surface area contributed by atoms with Crippen LogP contribution in [0.1, 0.15) is 25.1 Å². The Morgan fingerprint density at radius 1 is 1.73 bits per heavy atom. The number of carbonyl (C=O) groups excluding carboxylic acids is 1. The monoisotopic (exact) mass is 226 g/mol. The molecule has 1 aliphatic carbocycles. The number of rotatable bonds is 3. The van der Waals surface area contributed by atoms with Gasteiger partial charge >= 0.3 is 5.97 Å². The second-order valence-corrected chi connectivity index (χ2v) is 3.83. The zero-order valence-corrected chi connectivity index (χ0v) is 9.07. The Balaban J connectivity index is 2.01. The Kier molecular flexibility index (Phi) is 2.86. The van der Waals surface area contributed by atoms with Crippen LogP contribution in [0.15, 0.2) is 12.3 Å². The Morgan fingerprint density at radius 3 is 3.20 bits per heavy atom. The number of halogens is 1. The molecule has 0 amide bonds. The van der Waals surface area contributed by atoms with Crippen LogP contribution in [0.3, 0.4) is 0 Å². The second-order valence-electron chi connectivity index (χ2n) is 3.44. The highest BCUT2D eigenvalue weighted by Gasteiger charge is 2.47. The number of hydrogen-bond acceptors (Lipinski definition) is 4. The minimum atomic E-state index is -0.161. The van der Waals surface area contributed by atoms with E-state index in [0.717, 1.165) is 6.42 Å². The standard InChI is InChI=1S/C10H11ClN2O2/c1-2-15-10(14)7-5-6(7)9-12-4-3-8(11)13-9/h3-4,6-7H,2,5H2,1H3/t6-,7-/m0/s1. The topological polar surface area (TPSA) is 52.1 Å². The molecule has 0 spiro atoms. The molecule has 5 heteroatoms. The Morgan fingerprint density at radius 2 is 2.53 bits per heavy atom. The van der Waals surface area contributed by atoms with E-state index in [0.29, 0.717) is 17.6 Å². The summed E-state index contributed by atoms with van der Waals surface area (Å²) >= 11 is 5.74. The molecule has 1 saturated carbocycles. The van der Waals surface area contributed by atoms with Crippen molar-refractivity contribution in [3.05, 3.63) is 23.2 Å². The van der Waals surface area contributed by atoms with Crippen LogP contribution < -0.4 is 0 Å². The van der Waals surface area contributed by atoms with Crippen LogP contribution in [0.25, 0.3) is 0 Å². The van der Waals surface area contributed by atoms with E-state index >= 15 is 0 Å². The molecule has 0 aromatic carbocycles. The second kappa shape index (κ2) is 4.14. The minimum absolute atomic E-state index is 0.0802. The summed E-state index contributed by atoms with van der Waals surface area (Å²) in [5.74, 6) is 0.484. The predicted molar refractivity (Wildman–Crippen MR) is 54.5 cm³/mol. The third-order valence-corrected chi connectivity index (χ3v) is 2.56. The number of ether oxygens (including phenoxy) is 1. The molecule has 2 rings (SSSR count). The average Bonchev–Trinajstić information content (AvgIpc) is 2.97. The lowest BCUT2D eigenvalue weighted by Crippen LogP contribution is -2.08.